The average molecular weight is 229 g/mol. The Hall–Kier alpha value is -1.84. The molecule has 0 saturated carbocycles. The van der Waals surface area contributed by atoms with E-state index in [1.807, 2.05) is 30.1 Å². The van der Waals surface area contributed by atoms with Gasteiger partial charge in [0.2, 0.25) is 0 Å². The quantitative estimate of drug-likeness (QED) is 0.787. The highest BCUT2D eigenvalue weighted by Gasteiger charge is 2.20. The molecule has 0 saturated heterocycles. The number of carbonyl (C=O) groups excluding carboxylic acids is 1. The van der Waals surface area contributed by atoms with E-state index in [-0.39, 0.29) is 5.78 Å². The number of Topliss-reactive ketones (excluding diaryl/α,β-unsaturated/α-hetero) is 1. The first kappa shape index (κ1) is 10.3. The van der Waals surface area contributed by atoms with Gasteiger partial charge in [-0.05, 0) is 25.0 Å². The minimum Gasteiger partial charge on any atom is -0.345 e. The number of aryl methyl sites for hydroxylation is 1. The summed E-state index contributed by atoms with van der Waals surface area (Å²) in [4.78, 5) is 11.7. The molecule has 2 aromatic heterocycles. The van der Waals surface area contributed by atoms with Gasteiger partial charge < -0.3 is 4.57 Å². The van der Waals surface area contributed by atoms with Gasteiger partial charge in [-0.25, -0.2) is 0 Å². The van der Waals surface area contributed by atoms with Crippen LogP contribution in [0.5, 0.6) is 0 Å². The van der Waals surface area contributed by atoms with Crippen molar-refractivity contribution in [1.29, 1.82) is 0 Å². The minimum atomic E-state index is 0.287. The first-order chi connectivity index (χ1) is 8.25. The molecule has 0 aliphatic heterocycles. The summed E-state index contributed by atoms with van der Waals surface area (Å²) in [6, 6.07) is 3.96. The SMILES string of the molecule is Cn1nccc1Cn1ccc2c1CCCC2=O. The van der Waals surface area contributed by atoms with Gasteiger partial charge in [0.1, 0.15) is 0 Å². The van der Waals surface area contributed by atoms with Crippen molar-refractivity contribution in [3.8, 4) is 0 Å². The molecule has 0 fully saturated rings. The zero-order valence-corrected chi connectivity index (χ0v) is 9.89. The van der Waals surface area contributed by atoms with Crippen LogP contribution >= 0.6 is 0 Å². The van der Waals surface area contributed by atoms with Gasteiger partial charge >= 0.3 is 0 Å². The molecule has 1 aliphatic carbocycles. The second kappa shape index (κ2) is 3.87. The molecule has 1 aliphatic rings. The fourth-order valence-electron chi connectivity index (χ4n) is 2.47. The second-order valence-corrected chi connectivity index (χ2v) is 4.53. The molecule has 3 rings (SSSR count). The van der Waals surface area contributed by atoms with Gasteiger partial charge in [0.15, 0.2) is 5.78 Å². The van der Waals surface area contributed by atoms with Crippen molar-refractivity contribution in [3.05, 3.63) is 41.5 Å². The molecule has 0 atom stereocenters. The summed E-state index contributed by atoms with van der Waals surface area (Å²) in [5.74, 6) is 0.287. The molecule has 0 N–H and O–H groups in total. The van der Waals surface area contributed by atoms with Crippen molar-refractivity contribution >= 4 is 5.78 Å². The Labute approximate surface area is 99.9 Å². The fraction of sp³-hybridized carbons (Fsp3) is 0.385. The Bertz CT molecular complexity index is 565. The van der Waals surface area contributed by atoms with Crippen LogP contribution in [0, 0.1) is 0 Å². The first-order valence-corrected chi connectivity index (χ1v) is 5.94. The number of aromatic nitrogens is 3. The van der Waals surface area contributed by atoms with E-state index in [4.69, 9.17) is 0 Å². The van der Waals surface area contributed by atoms with Crippen molar-refractivity contribution < 1.29 is 4.79 Å². The van der Waals surface area contributed by atoms with Gasteiger partial charge in [0.25, 0.3) is 0 Å². The van der Waals surface area contributed by atoms with E-state index in [0.717, 1.165) is 30.6 Å². The molecular weight excluding hydrogens is 214 g/mol. The topological polar surface area (TPSA) is 39.8 Å². The fourth-order valence-corrected chi connectivity index (χ4v) is 2.47. The number of carbonyl (C=O) groups is 1. The summed E-state index contributed by atoms with van der Waals surface area (Å²) in [6.45, 7) is 0.791. The van der Waals surface area contributed by atoms with Gasteiger partial charge in [-0.1, -0.05) is 0 Å². The van der Waals surface area contributed by atoms with E-state index in [9.17, 15) is 4.79 Å². The molecule has 2 heterocycles. The Kier molecular flexibility index (Phi) is 2.35. The molecule has 0 aromatic carbocycles. The standard InChI is InChI=1S/C13H15N3O/c1-15-10(5-7-14-15)9-16-8-6-11-12(16)3-2-4-13(11)17/h5-8H,2-4,9H2,1H3. The molecule has 17 heavy (non-hydrogen) atoms. The molecule has 0 radical (unpaired) electrons. The Morgan fingerprint density at radius 3 is 3.00 bits per heavy atom. The predicted molar refractivity (Wildman–Crippen MR) is 64.0 cm³/mol. The van der Waals surface area contributed by atoms with Crippen LogP contribution in [0.1, 0.15) is 34.6 Å². The van der Waals surface area contributed by atoms with Crippen molar-refractivity contribution in [2.75, 3.05) is 0 Å². The Morgan fingerprint density at radius 1 is 1.35 bits per heavy atom. The number of hydrogen-bond donors (Lipinski definition) is 0. The van der Waals surface area contributed by atoms with E-state index in [2.05, 4.69) is 9.67 Å². The zero-order valence-electron chi connectivity index (χ0n) is 9.89. The van der Waals surface area contributed by atoms with Gasteiger partial charge in [-0.2, -0.15) is 5.10 Å². The molecule has 88 valence electrons. The van der Waals surface area contributed by atoms with Gasteiger partial charge in [-0.3, -0.25) is 9.48 Å². The van der Waals surface area contributed by atoms with Gasteiger partial charge in [-0.15, -0.1) is 0 Å². The van der Waals surface area contributed by atoms with Crippen molar-refractivity contribution in [2.45, 2.75) is 25.8 Å². The van der Waals surface area contributed by atoms with Crippen molar-refractivity contribution in [1.82, 2.24) is 14.3 Å². The minimum absolute atomic E-state index is 0.287. The summed E-state index contributed by atoms with van der Waals surface area (Å²) < 4.78 is 4.04. The molecule has 0 unspecified atom stereocenters. The number of fused-ring (bicyclic) bond motifs is 1. The highest BCUT2D eigenvalue weighted by atomic mass is 16.1. The normalized spacial score (nSPS) is 15.0. The summed E-state index contributed by atoms with van der Waals surface area (Å²) in [6.07, 6.45) is 6.49. The average Bonchev–Trinajstić information content (AvgIpc) is 2.89. The van der Waals surface area contributed by atoms with Crippen molar-refractivity contribution in [2.24, 2.45) is 7.05 Å². The maximum Gasteiger partial charge on any atom is 0.164 e. The van der Waals surface area contributed by atoms with Crippen LogP contribution in [0.3, 0.4) is 0 Å². The third-order valence-corrected chi connectivity index (χ3v) is 3.45. The summed E-state index contributed by atoms with van der Waals surface area (Å²) >= 11 is 0. The summed E-state index contributed by atoms with van der Waals surface area (Å²) in [7, 11) is 1.94. The van der Waals surface area contributed by atoms with Crippen LogP contribution in [-0.4, -0.2) is 20.1 Å². The Morgan fingerprint density at radius 2 is 2.24 bits per heavy atom. The largest absolute Gasteiger partial charge is 0.345 e. The highest BCUT2D eigenvalue weighted by molar-refractivity contribution is 5.98. The molecule has 0 amide bonds. The number of rotatable bonds is 2. The highest BCUT2D eigenvalue weighted by Crippen LogP contribution is 2.22. The molecule has 2 aromatic rings. The third-order valence-electron chi connectivity index (χ3n) is 3.45. The van der Waals surface area contributed by atoms with Gasteiger partial charge in [0, 0.05) is 37.1 Å². The molecule has 0 bridgehead atoms. The summed E-state index contributed by atoms with van der Waals surface area (Å²) in [5, 5.41) is 4.16. The summed E-state index contributed by atoms with van der Waals surface area (Å²) in [5.41, 5.74) is 3.25. The van der Waals surface area contributed by atoms with E-state index >= 15 is 0 Å². The van der Waals surface area contributed by atoms with Crippen LogP contribution in [0.25, 0.3) is 0 Å². The zero-order chi connectivity index (χ0) is 11.8. The Balaban J connectivity index is 1.95. The van der Waals surface area contributed by atoms with Crippen LogP contribution in [0.4, 0.5) is 0 Å². The maximum atomic E-state index is 11.7. The second-order valence-electron chi connectivity index (χ2n) is 4.53. The van der Waals surface area contributed by atoms with Crippen LogP contribution < -0.4 is 0 Å². The lowest BCUT2D eigenvalue weighted by Crippen LogP contribution is -2.14. The van der Waals surface area contributed by atoms with E-state index < -0.39 is 0 Å². The third kappa shape index (κ3) is 1.69. The maximum absolute atomic E-state index is 11.7. The molecular formula is C13H15N3O. The van der Waals surface area contributed by atoms with E-state index in [0.29, 0.717) is 6.42 Å². The smallest absolute Gasteiger partial charge is 0.164 e. The van der Waals surface area contributed by atoms with E-state index in [1.54, 1.807) is 6.20 Å². The monoisotopic (exact) mass is 229 g/mol. The van der Waals surface area contributed by atoms with Crippen LogP contribution in [0.2, 0.25) is 0 Å². The number of ketones is 1. The first-order valence-electron chi connectivity index (χ1n) is 5.94. The lowest BCUT2D eigenvalue weighted by Gasteiger charge is -2.14. The lowest BCUT2D eigenvalue weighted by molar-refractivity contribution is 0.0972. The van der Waals surface area contributed by atoms with E-state index in [1.165, 1.54) is 5.69 Å². The van der Waals surface area contributed by atoms with Crippen LogP contribution in [0.15, 0.2) is 24.5 Å². The predicted octanol–water partition coefficient (Wildman–Crippen LogP) is 1.79. The number of hydrogen-bond acceptors (Lipinski definition) is 2. The molecule has 0 spiro atoms. The van der Waals surface area contributed by atoms with Crippen LogP contribution in [-0.2, 0) is 20.0 Å². The molecule has 4 nitrogen and oxygen atoms in total. The lowest BCUT2D eigenvalue weighted by atomic mass is 9.97. The molecule has 4 heteroatoms. The van der Waals surface area contributed by atoms with Crippen molar-refractivity contribution in [3.63, 3.8) is 0 Å². The van der Waals surface area contributed by atoms with Gasteiger partial charge in [0.05, 0.1) is 12.2 Å². The number of nitrogens with zero attached hydrogens (tertiary/aromatic N) is 3.